The van der Waals surface area contributed by atoms with Gasteiger partial charge in [-0.2, -0.15) is 0 Å². The minimum absolute atomic E-state index is 0.770. The number of rotatable bonds is 2. The van der Waals surface area contributed by atoms with Crippen molar-refractivity contribution in [3.63, 3.8) is 0 Å². The van der Waals surface area contributed by atoms with Crippen LogP contribution in [0.4, 0.5) is 0 Å². The van der Waals surface area contributed by atoms with Crippen molar-refractivity contribution in [1.29, 1.82) is 0 Å². The largest absolute Gasteiger partial charge is 0.302 e. The average Bonchev–Trinajstić information content (AvgIpc) is 1.97. The predicted molar refractivity (Wildman–Crippen MR) is 55.7 cm³/mol. The predicted octanol–water partition coefficient (Wildman–Crippen LogP) is 2.65. The first-order valence-electron chi connectivity index (χ1n) is 5.21. The number of nitrogens with zero attached hydrogens (tertiary/aromatic N) is 1. The third kappa shape index (κ3) is 2.23. The lowest BCUT2D eigenvalue weighted by Crippen LogP contribution is -2.40. The third-order valence-corrected chi connectivity index (χ3v) is 3.94. The Bertz CT molecular complexity index is 145. The van der Waals surface area contributed by atoms with Crippen LogP contribution in [0, 0.1) is 5.92 Å². The van der Waals surface area contributed by atoms with Gasteiger partial charge in [-0.05, 0) is 38.1 Å². The van der Waals surface area contributed by atoms with E-state index in [1.165, 1.54) is 51.7 Å². The second kappa shape index (κ2) is 4.10. The van der Waals surface area contributed by atoms with E-state index in [0.717, 1.165) is 10.7 Å². The molecule has 0 spiro atoms. The van der Waals surface area contributed by atoms with E-state index in [-0.39, 0.29) is 0 Å². The molecule has 12 heavy (non-hydrogen) atoms. The molecule has 0 N–H and O–H groups in total. The van der Waals surface area contributed by atoms with E-state index in [0.29, 0.717) is 0 Å². The Kier molecular flexibility index (Phi) is 3.08. The number of halogens is 1. The minimum Gasteiger partial charge on any atom is -0.302 e. The molecular weight excluding hydrogens is 214 g/mol. The first-order valence-corrected chi connectivity index (χ1v) is 6.12. The van der Waals surface area contributed by atoms with Gasteiger partial charge in [0.15, 0.2) is 0 Å². The van der Waals surface area contributed by atoms with Crippen LogP contribution in [-0.2, 0) is 0 Å². The molecule has 0 amide bonds. The maximum atomic E-state index is 3.72. The summed E-state index contributed by atoms with van der Waals surface area (Å²) in [5.74, 6) is 1.04. The maximum absolute atomic E-state index is 3.72. The number of likely N-dealkylation sites (tertiary alicyclic amines) is 1. The van der Waals surface area contributed by atoms with E-state index in [1.54, 1.807) is 0 Å². The highest BCUT2D eigenvalue weighted by Crippen LogP contribution is 2.28. The summed E-state index contributed by atoms with van der Waals surface area (Å²) < 4.78 is 0. The minimum atomic E-state index is 0.770. The second-order valence-electron chi connectivity index (χ2n) is 4.30. The smallest absolute Gasteiger partial charge is 0.0273 e. The van der Waals surface area contributed by atoms with E-state index >= 15 is 0 Å². The van der Waals surface area contributed by atoms with Gasteiger partial charge in [0, 0.05) is 17.9 Å². The van der Waals surface area contributed by atoms with Crippen molar-refractivity contribution in [2.45, 2.75) is 36.9 Å². The van der Waals surface area contributed by atoms with Crippen LogP contribution < -0.4 is 0 Å². The van der Waals surface area contributed by atoms with Gasteiger partial charge in [0.2, 0.25) is 0 Å². The van der Waals surface area contributed by atoms with Crippen LogP contribution in [0.3, 0.4) is 0 Å². The molecule has 1 aliphatic heterocycles. The monoisotopic (exact) mass is 231 g/mol. The Hall–Kier alpha value is 0.440. The highest BCUT2D eigenvalue weighted by atomic mass is 79.9. The van der Waals surface area contributed by atoms with Gasteiger partial charge >= 0.3 is 0 Å². The maximum Gasteiger partial charge on any atom is 0.0273 e. The molecule has 1 heterocycles. The molecular formula is C10H18BrN. The number of alkyl halides is 1. The van der Waals surface area contributed by atoms with Gasteiger partial charge in [-0.3, -0.25) is 0 Å². The van der Waals surface area contributed by atoms with Gasteiger partial charge in [0.05, 0.1) is 0 Å². The highest BCUT2D eigenvalue weighted by molar-refractivity contribution is 9.09. The standard InChI is InChI=1S/C10H18BrN/c11-10-5-2-6-12(8-10)7-9-3-1-4-9/h9-10H,1-8H2. The van der Waals surface area contributed by atoms with Crippen LogP contribution in [0.5, 0.6) is 0 Å². The molecule has 2 aliphatic rings. The van der Waals surface area contributed by atoms with Crippen molar-refractivity contribution in [3.05, 3.63) is 0 Å². The Morgan fingerprint density at radius 2 is 2.00 bits per heavy atom. The summed E-state index contributed by atoms with van der Waals surface area (Å²) in [5.41, 5.74) is 0. The van der Waals surface area contributed by atoms with Gasteiger partial charge in [-0.25, -0.2) is 0 Å². The van der Waals surface area contributed by atoms with Crippen LogP contribution in [0.1, 0.15) is 32.1 Å². The molecule has 2 fully saturated rings. The molecule has 70 valence electrons. The lowest BCUT2D eigenvalue weighted by Gasteiger charge is -2.36. The highest BCUT2D eigenvalue weighted by Gasteiger charge is 2.23. The van der Waals surface area contributed by atoms with Crippen molar-refractivity contribution in [3.8, 4) is 0 Å². The van der Waals surface area contributed by atoms with Crippen molar-refractivity contribution in [2.75, 3.05) is 19.6 Å². The summed E-state index contributed by atoms with van der Waals surface area (Å²) in [7, 11) is 0. The van der Waals surface area contributed by atoms with Crippen LogP contribution in [-0.4, -0.2) is 29.4 Å². The molecule has 0 bridgehead atoms. The molecule has 0 radical (unpaired) electrons. The van der Waals surface area contributed by atoms with E-state index in [2.05, 4.69) is 20.8 Å². The van der Waals surface area contributed by atoms with E-state index in [1.807, 2.05) is 0 Å². The molecule has 1 atom stereocenters. The van der Waals surface area contributed by atoms with Crippen molar-refractivity contribution in [1.82, 2.24) is 4.90 Å². The number of hydrogen-bond acceptors (Lipinski definition) is 1. The topological polar surface area (TPSA) is 3.24 Å². The summed E-state index contributed by atoms with van der Waals surface area (Å²) in [6.07, 6.45) is 7.23. The average molecular weight is 232 g/mol. The fraction of sp³-hybridized carbons (Fsp3) is 1.00. The van der Waals surface area contributed by atoms with Crippen molar-refractivity contribution in [2.24, 2.45) is 5.92 Å². The number of hydrogen-bond donors (Lipinski definition) is 0. The molecule has 2 rings (SSSR count). The molecule has 1 saturated heterocycles. The van der Waals surface area contributed by atoms with Crippen molar-refractivity contribution >= 4 is 15.9 Å². The first-order chi connectivity index (χ1) is 5.84. The Labute approximate surface area is 83.6 Å². The van der Waals surface area contributed by atoms with Gasteiger partial charge in [-0.15, -0.1) is 0 Å². The van der Waals surface area contributed by atoms with Crippen LogP contribution in [0.2, 0.25) is 0 Å². The zero-order chi connectivity index (χ0) is 8.39. The summed E-state index contributed by atoms with van der Waals surface area (Å²) >= 11 is 3.72. The molecule has 0 aromatic rings. The van der Waals surface area contributed by atoms with Crippen LogP contribution in [0.25, 0.3) is 0 Å². The Morgan fingerprint density at radius 3 is 2.58 bits per heavy atom. The molecule has 1 unspecified atom stereocenters. The SMILES string of the molecule is BrC1CCCN(CC2CCC2)C1. The van der Waals surface area contributed by atoms with Gasteiger partial charge in [0.25, 0.3) is 0 Å². The van der Waals surface area contributed by atoms with Gasteiger partial charge in [-0.1, -0.05) is 22.4 Å². The Balaban J connectivity index is 1.71. The van der Waals surface area contributed by atoms with Crippen LogP contribution in [0.15, 0.2) is 0 Å². The zero-order valence-corrected chi connectivity index (χ0v) is 9.22. The Morgan fingerprint density at radius 1 is 1.17 bits per heavy atom. The lowest BCUT2D eigenvalue weighted by atomic mass is 9.85. The van der Waals surface area contributed by atoms with Gasteiger partial charge in [0.1, 0.15) is 0 Å². The van der Waals surface area contributed by atoms with E-state index < -0.39 is 0 Å². The molecule has 0 aromatic carbocycles. The van der Waals surface area contributed by atoms with Gasteiger partial charge < -0.3 is 4.90 Å². The molecule has 0 aromatic heterocycles. The first kappa shape index (κ1) is 9.01. The molecule has 2 heteroatoms. The fourth-order valence-electron chi connectivity index (χ4n) is 2.21. The van der Waals surface area contributed by atoms with E-state index in [4.69, 9.17) is 0 Å². The summed E-state index contributed by atoms with van der Waals surface area (Å²) in [4.78, 5) is 3.42. The number of piperidine rings is 1. The summed E-state index contributed by atoms with van der Waals surface area (Å²) in [6, 6.07) is 0. The summed E-state index contributed by atoms with van der Waals surface area (Å²) in [5, 5.41) is 0. The molecule has 1 aliphatic carbocycles. The quantitative estimate of drug-likeness (QED) is 0.661. The van der Waals surface area contributed by atoms with Crippen molar-refractivity contribution < 1.29 is 0 Å². The van der Waals surface area contributed by atoms with E-state index in [9.17, 15) is 0 Å². The second-order valence-corrected chi connectivity index (χ2v) is 5.59. The third-order valence-electron chi connectivity index (χ3n) is 3.19. The summed E-state index contributed by atoms with van der Waals surface area (Å²) in [6.45, 7) is 4.01. The molecule has 1 nitrogen and oxygen atoms in total. The van der Waals surface area contributed by atoms with Crippen LogP contribution >= 0.6 is 15.9 Å². The normalized spacial score (nSPS) is 33.2. The molecule has 1 saturated carbocycles. The zero-order valence-electron chi connectivity index (χ0n) is 7.64. The lowest BCUT2D eigenvalue weighted by molar-refractivity contribution is 0.159. The fourth-order valence-corrected chi connectivity index (χ4v) is 2.94.